The number of aryl methyl sites for hydroxylation is 1. The lowest BCUT2D eigenvalue weighted by Crippen LogP contribution is -1.98. The third-order valence-corrected chi connectivity index (χ3v) is 3.20. The molecule has 4 nitrogen and oxygen atoms in total. The van der Waals surface area contributed by atoms with Crippen LogP contribution in [0.2, 0.25) is 0 Å². The van der Waals surface area contributed by atoms with Gasteiger partial charge in [0.15, 0.2) is 0 Å². The molecule has 0 amide bonds. The van der Waals surface area contributed by atoms with Crippen molar-refractivity contribution in [3.8, 4) is 0 Å². The number of hydrogen-bond donors (Lipinski definition) is 1. The molecule has 0 heterocycles. The van der Waals surface area contributed by atoms with E-state index in [1.165, 1.54) is 12.1 Å². The van der Waals surface area contributed by atoms with Crippen LogP contribution in [0.1, 0.15) is 12.0 Å². The number of carboxylic acids is 1. The number of carboxylic acid groups (broad SMARTS) is 1. The van der Waals surface area contributed by atoms with Gasteiger partial charge < -0.3 is 5.11 Å². The van der Waals surface area contributed by atoms with Crippen LogP contribution in [-0.2, 0) is 20.3 Å². The highest BCUT2D eigenvalue weighted by atomic mass is 35.7. The zero-order valence-electron chi connectivity index (χ0n) is 7.68. The third-order valence-electron chi connectivity index (χ3n) is 1.83. The number of carbonyl (C=O) groups is 1. The highest BCUT2D eigenvalue weighted by Gasteiger charge is 2.09. The maximum absolute atomic E-state index is 10.9. The van der Waals surface area contributed by atoms with E-state index in [4.69, 9.17) is 15.8 Å². The Hall–Kier alpha value is -1.07. The molecular weight excluding hydrogens is 240 g/mol. The van der Waals surface area contributed by atoms with Crippen molar-refractivity contribution in [2.45, 2.75) is 17.7 Å². The van der Waals surface area contributed by atoms with Crippen molar-refractivity contribution in [3.63, 3.8) is 0 Å². The van der Waals surface area contributed by atoms with Crippen molar-refractivity contribution in [2.24, 2.45) is 0 Å². The Morgan fingerprint density at radius 3 is 2.20 bits per heavy atom. The Bertz CT molecular complexity index is 450. The highest BCUT2D eigenvalue weighted by molar-refractivity contribution is 8.13. The van der Waals surface area contributed by atoms with Crippen molar-refractivity contribution in [1.29, 1.82) is 0 Å². The molecule has 0 aliphatic rings. The summed E-state index contributed by atoms with van der Waals surface area (Å²) in [7, 11) is 1.42. The van der Waals surface area contributed by atoms with Gasteiger partial charge in [0.05, 0.1) is 4.90 Å². The van der Waals surface area contributed by atoms with Crippen molar-refractivity contribution in [1.82, 2.24) is 0 Å². The molecule has 1 aromatic rings. The first kappa shape index (κ1) is 12.0. The lowest BCUT2D eigenvalue weighted by atomic mass is 10.1. The molecule has 0 bridgehead atoms. The number of halogens is 1. The lowest BCUT2D eigenvalue weighted by Gasteiger charge is -1.99. The summed E-state index contributed by atoms with van der Waals surface area (Å²) in [5.41, 5.74) is 0.765. The fraction of sp³-hybridized carbons (Fsp3) is 0.222. The summed E-state index contributed by atoms with van der Waals surface area (Å²) in [4.78, 5) is 10.3. The largest absolute Gasteiger partial charge is 0.481 e. The molecule has 0 unspecified atom stereocenters. The molecule has 0 aliphatic carbocycles. The second-order valence-electron chi connectivity index (χ2n) is 2.98. The highest BCUT2D eigenvalue weighted by Crippen LogP contribution is 2.15. The Morgan fingerprint density at radius 1 is 1.27 bits per heavy atom. The average molecular weight is 249 g/mol. The smallest absolute Gasteiger partial charge is 0.303 e. The molecule has 0 saturated heterocycles. The molecule has 0 fully saturated rings. The summed E-state index contributed by atoms with van der Waals surface area (Å²) >= 11 is 0. The van der Waals surface area contributed by atoms with E-state index in [-0.39, 0.29) is 11.3 Å². The number of aliphatic carboxylic acids is 1. The molecule has 1 rings (SSSR count). The van der Waals surface area contributed by atoms with Gasteiger partial charge in [0.2, 0.25) is 0 Å². The quantitative estimate of drug-likeness (QED) is 0.822. The van der Waals surface area contributed by atoms with Gasteiger partial charge >= 0.3 is 5.97 Å². The Labute approximate surface area is 91.9 Å². The zero-order chi connectivity index (χ0) is 11.5. The van der Waals surface area contributed by atoms with E-state index in [0.29, 0.717) is 6.42 Å². The van der Waals surface area contributed by atoms with E-state index in [1.54, 1.807) is 12.1 Å². The SMILES string of the molecule is O=C(O)CCc1ccc(S(=O)(=O)Cl)cc1. The first-order valence-corrected chi connectivity index (χ1v) is 6.46. The summed E-state index contributed by atoms with van der Waals surface area (Å²) in [5.74, 6) is -0.885. The minimum Gasteiger partial charge on any atom is -0.481 e. The van der Waals surface area contributed by atoms with Crippen molar-refractivity contribution in [2.75, 3.05) is 0 Å². The molecular formula is C9H9ClO4S. The second kappa shape index (κ2) is 4.63. The molecule has 0 spiro atoms. The van der Waals surface area contributed by atoms with Crippen molar-refractivity contribution in [3.05, 3.63) is 29.8 Å². The summed E-state index contributed by atoms with van der Waals surface area (Å²) in [5, 5.41) is 8.44. The Kier molecular flexibility index (Phi) is 3.71. The first-order valence-electron chi connectivity index (χ1n) is 4.15. The van der Waals surface area contributed by atoms with Crippen LogP contribution in [-0.4, -0.2) is 19.5 Å². The zero-order valence-corrected chi connectivity index (χ0v) is 9.25. The Morgan fingerprint density at radius 2 is 1.80 bits per heavy atom. The van der Waals surface area contributed by atoms with Crippen LogP contribution >= 0.6 is 10.7 Å². The second-order valence-corrected chi connectivity index (χ2v) is 5.54. The van der Waals surface area contributed by atoms with Gasteiger partial charge in [0, 0.05) is 17.1 Å². The minimum absolute atomic E-state index is 0.0169. The summed E-state index contributed by atoms with van der Waals surface area (Å²) in [6.07, 6.45) is 0.394. The maximum Gasteiger partial charge on any atom is 0.303 e. The van der Waals surface area contributed by atoms with Crippen LogP contribution in [0.4, 0.5) is 0 Å². The van der Waals surface area contributed by atoms with Gasteiger partial charge in [-0.15, -0.1) is 0 Å². The van der Waals surface area contributed by atoms with Gasteiger partial charge in [-0.1, -0.05) is 12.1 Å². The molecule has 0 aliphatic heterocycles. The molecule has 15 heavy (non-hydrogen) atoms. The summed E-state index contributed by atoms with van der Waals surface area (Å²) < 4.78 is 21.8. The first-order chi connectivity index (χ1) is 6.89. The lowest BCUT2D eigenvalue weighted by molar-refractivity contribution is -0.136. The molecule has 0 radical (unpaired) electrons. The van der Waals surface area contributed by atoms with Gasteiger partial charge in [0.1, 0.15) is 0 Å². The number of benzene rings is 1. The number of rotatable bonds is 4. The average Bonchev–Trinajstić information content (AvgIpc) is 2.14. The number of hydrogen-bond acceptors (Lipinski definition) is 3. The van der Waals surface area contributed by atoms with Gasteiger partial charge in [-0.25, -0.2) is 8.42 Å². The van der Waals surface area contributed by atoms with Crippen LogP contribution in [0.15, 0.2) is 29.2 Å². The standard InChI is InChI=1S/C9H9ClO4S/c10-15(13,14)8-4-1-7(2-5-8)3-6-9(11)12/h1-2,4-5H,3,6H2,(H,11,12). The van der Waals surface area contributed by atoms with Crippen LogP contribution in [0, 0.1) is 0 Å². The Balaban J connectivity index is 2.77. The monoisotopic (exact) mass is 248 g/mol. The third kappa shape index (κ3) is 3.89. The van der Waals surface area contributed by atoms with E-state index in [9.17, 15) is 13.2 Å². The predicted molar refractivity (Wildman–Crippen MR) is 55.4 cm³/mol. The molecule has 0 saturated carbocycles. The predicted octanol–water partition coefficient (Wildman–Crippen LogP) is 1.63. The summed E-state index contributed by atoms with van der Waals surface area (Å²) in [6, 6.07) is 5.83. The van der Waals surface area contributed by atoms with Crippen LogP contribution < -0.4 is 0 Å². The van der Waals surface area contributed by atoms with E-state index in [2.05, 4.69) is 0 Å². The van der Waals surface area contributed by atoms with E-state index in [0.717, 1.165) is 5.56 Å². The van der Waals surface area contributed by atoms with E-state index >= 15 is 0 Å². The van der Waals surface area contributed by atoms with E-state index < -0.39 is 15.0 Å². The van der Waals surface area contributed by atoms with Crippen LogP contribution in [0.5, 0.6) is 0 Å². The molecule has 0 atom stereocenters. The molecule has 0 aromatic heterocycles. The molecule has 1 aromatic carbocycles. The van der Waals surface area contributed by atoms with Gasteiger partial charge in [-0.2, -0.15) is 0 Å². The molecule has 6 heteroatoms. The summed E-state index contributed by atoms with van der Waals surface area (Å²) in [6.45, 7) is 0. The van der Waals surface area contributed by atoms with Crippen LogP contribution in [0.25, 0.3) is 0 Å². The normalized spacial score (nSPS) is 11.3. The van der Waals surface area contributed by atoms with Gasteiger partial charge in [-0.05, 0) is 24.1 Å². The van der Waals surface area contributed by atoms with Crippen LogP contribution in [0.3, 0.4) is 0 Å². The van der Waals surface area contributed by atoms with Crippen molar-refractivity contribution >= 4 is 25.7 Å². The van der Waals surface area contributed by atoms with Gasteiger partial charge in [0.25, 0.3) is 9.05 Å². The van der Waals surface area contributed by atoms with Gasteiger partial charge in [-0.3, -0.25) is 4.79 Å². The minimum atomic E-state index is -3.69. The van der Waals surface area contributed by atoms with E-state index in [1.807, 2.05) is 0 Å². The molecule has 1 N–H and O–H groups in total. The van der Waals surface area contributed by atoms with Crippen molar-refractivity contribution < 1.29 is 18.3 Å². The fourth-order valence-electron chi connectivity index (χ4n) is 1.07. The fourth-order valence-corrected chi connectivity index (χ4v) is 1.84. The molecule has 82 valence electrons. The topological polar surface area (TPSA) is 71.4 Å². The maximum atomic E-state index is 10.9.